The molecule has 2 rings (SSSR count). The molecule has 0 spiro atoms. The van der Waals surface area contributed by atoms with Crippen LogP contribution in [0, 0.1) is 13.8 Å². The maximum Gasteiger partial charge on any atom is 0.274 e. The molecule has 0 saturated carbocycles. The molecule has 18 heavy (non-hydrogen) atoms. The van der Waals surface area contributed by atoms with E-state index in [1.807, 2.05) is 26.0 Å². The van der Waals surface area contributed by atoms with Gasteiger partial charge in [0, 0.05) is 5.69 Å². The molecule has 2 heterocycles. The summed E-state index contributed by atoms with van der Waals surface area (Å²) >= 11 is 0. The van der Waals surface area contributed by atoms with Gasteiger partial charge >= 0.3 is 0 Å². The number of aromatic nitrogens is 2. The zero-order chi connectivity index (χ0) is 13.1. The lowest BCUT2D eigenvalue weighted by Crippen LogP contribution is -2.15. The fraction of sp³-hybridized carbons (Fsp3) is 0.154. The molecular weight excluding hydrogens is 228 g/mol. The molecule has 0 bridgehead atoms. The van der Waals surface area contributed by atoms with Crippen LogP contribution in [-0.2, 0) is 0 Å². The number of pyridine rings is 2. The number of anilines is 2. The summed E-state index contributed by atoms with van der Waals surface area (Å²) in [6.07, 6.45) is 0. The number of aryl methyl sites for hydroxylation is 2. The monoisotopic (exact) mass is 242 g/mol. The van der Waals surface area contributed by atoms with Crippen LogP contribution in [0.5, 0.6) is 0 Å². The zero-order valence-electron chi connectivity index (χ0n) is 10.3. The van der Waals surface area contributed by atoms with E-state index >= 15 is 0 Å². The standard InChI is InChI=1S/C13H14N4O/c1-8-6-7-10(9(2)15-8)17-13(18)11-4-3-5-12(14)16-11/h3-7H,1-2H3,(H2,14,16)(H,17,18). The first-order valence-electron chi connectivity index (χ1n) is 5.54. The minimum atomic E-state index is -0.295. The van der Waals surface area contributed by atoms with Crippen LogP contribution in [0.15, 0.2) is 30.3 Å². The fourth-order valence-electron chi connectivity index (χ4n) is 1.58. The van der Waals surface area contributed by atoms with Crippen molar-refractivity contribution in [3.8, 4) is 0 Å². The van der Waals surface area contributed by atoms with Gasteiger partial charge in [0.2, 0.25) is 0 Å². The van der Waals surface area contributed by atoms with E-state index in [-0.39, 0.29) is 11.6 Å². The number of rotatable bonds is 2. The summed E-state index contributed by atoms with van der Waals surface area (Å²) in [5.41, 5.74) is 8.18. The van der Waals surface area contributed by atoms with Gasteiger partial charge < -0.3 is 11.1 Å². The van der Waals surface area contributed by atoms with Crippen molar-refractivity contribution < 1.29 is 4.79 Å². The van der Waals surface area contributed by atoms with E-state index in [9.17, 15) is 4.79 Å². The molecule has 0 unspecified atom stereocenters. The third kappa shape index (κ3) is 2.63. The molecular formula is C13H14N4O. The second-order valence-electron chi connectivity index (χ2n) is 3.99. The first kappa shape index (κ1) is 12.0. The van der Waals surface area contributed by atoms with E-state index in [1.165, 1.54) is 0 Å². The normalized spacial score (nSPS) is 10.1. The van der Waals surface area contributed by atoms with Gasteiger partial charge in [-0.1, -0.05) is 6.07 Å². The summed E-state index contributed by atoms with van der Waals surface area (Å²) in [5, 5.41) is 2.76. The second kappa shape index (κ2) is 4.83. The molecule has 3 N–H and O–H groups in total. The molecule has 0 saturated heterocycles. The van der Waals surface area contributed by atoms with Crippen LogP contribution < -0.4 is 11.1 Å². The molecule has 0 aliphatic rings. The molecule has 5 heteroatoms. The SMILES string of the molecule is Cc1ccc(NC(=O)c2cccc(N)n2)c(C)n1. The molecule has 0 aromatic carbocycles. The molecule has 0 aliphatic carbocycles. The Hall–Kier alpha value is -2.43. The Kier molecular flexibility index (Phi) is 3.23. The van der Waals surface area contributed by atoms with Crippen molar-refractivity contribution in [1.29, 1.82) is 0 Å². The Morgan fingerprint density at radius 2 is 1.94 bits per heavy atom. The number of carbonyl (C=O) groups excluding carboxylic acids is 1. The predicted octanol–water partition coefficient (Wildman–Crippen LogP) is 1.93. The number of nitrogens with one attached hydrogen (secondary N) is 1. The minimum absolute atomic E-state index is 0.287. The Morgan fingerprint density at radius 3 is 2.61 bits per heavy atom. The van der Waals surface area contributed by atoms with Crippen LogP contribution in [0.4, 0.5) is 11.5 Å². The van der Waals surface area contributed by atoms with E-state index < -0.39 is 0 Å². The molecule has 92 valence electrons. The number of carbonyl (C=O) groups is 1. The maximum atomic E-state index is 11.9. The average molecular weight is 242 g/mol. The van der Waals surface area contributed by atoms with Gasteiger partial charge in [-0.15, -0.1) is 0 Å². The van der Waals surface area contributed by atoms with Gasteiger partial charge in [0.05, 0.1) is 11.4 Å². The smallest absolute Gasteiger partial charge is 0.274 e. The quantitative estimate of drug-likeness (QED) is 0.843. The molecule has 0 fully saturated rings. The Balaban J connectivity index is 2.21. The van der Waals surface area contributed by atoms with Crippen molar-refractivity contribution >= 4 is 17.4 Å². The molecule has 0 radical (unpaired) electrons. The Morgan fingerprint density at radius 1 is 1.17 bits per heavy atom. The van der Waals surface area contributed by atoms with Crippen molar-refractivity contribution in [1.82, 2.24) is 9.97 Å². The maximum absolute atomic E-state index is 11.9. The van der Waals surface area contributed by atoms with E-state index in [1.54, 1.807) is 18.2 Å². The number of hydrogen-bond acceptors (Lipinski definition) is 4. The summed E-state index contributed by atoms with van der Waals surface area (Å²) in [6.45, 7) is 3.74. The summed E-state index contributed by atoms with van der Waals surface area (Å²) in [5.74, 6) is 0.0254. The molecule has 0 atom stereocenters. The number of hydrogen-bond donors (Lipinski definition) is 2. The van der Waals surface area contributed by atoms with Gasteiger partial charge in [-0.25, -0.2) is 4.98 Å². The summed E-state index contributed by atoms with van der Waals surface area (Å²) in [7, 11) is 0. The van der Waals surface area contributed by atoms with Crippen molar-refractivity contribution in [2.45, 2.75) is 13.8 Å². The lowest BCUT2D eigenvalue weighted by molar-refractivity contribution is 0.102. The van der Waals surface area contributed by atoms with Crippen LogP contribution in [0.1, 0.15) is 21.9 Å². The molecule has 5 nitrogen and oxygen atoms in total. The molecule has 2 aromatic rings. The van der Waals surface area contributed by atoms with Gasteiger partial charge in [0.15, 0.2) is 0 Å². The van der Waals surface area contributed by atoms with Gasteiger partial charge in [-0.05, 0) is 38.1 Å². The first-order valence-corrected chi connectivity index (χ1v) is 5.54. The summed E-state index contributed by atoms with van der Waals surface area (Å²) in [6, 6.07) is 8.60. The molecule has 1 amide bonds. The van der Waals surface area contributed by atoms with E-state index in [2.05, 4.69) is 15.3 Å². The Labute approximate surface area is 105 Å². The number of nitrogens with zero attached hydrogens (tertiary/aromatic N) is 2. The predicted molar refractivity (Wildman–Crippen MR) is 70.3 cm³/mol. The van der Waals surface area contributed by atoms with Crippen LogP contribution >= 0.6 is 0 Å². The molecule has 0 aliphatic heterocycles. The van der Waals surface area contributed by atoms with Crippen LogP contribution in [0.25, 0.3) is 0 Å². The third-order valence-electron chi connectivity index (χ3n) is 2.48. The number of nitrogens with two attached hydrogens (primary N) is 1. The van der Waals surface area contributed by atoms with Crippen LogP contribution in [-0.4, -0.2) is 15.9 Å². The van der Waals surface area contributed by atoms with Crippen molar-refractivity contribution in [3.05, 3.63) is 47.4 Å². The fourth-order valence-corrected chi connectivity index (χ4v) is 1.58. The van der Waals surface area contributed by atoms with Crippen molar-refractivity contribution in [2.75, 3.05) is 11.1 Å². The topological polar surface area (TPSA) is 80.9 Å². The van der Waals surface area contributed by atoms with Crippen LogP contribution in [0.2, 0.25) is 0 Å². The lowest BCUT2D eigenvalue weighted by Gasteiger charge is -2.08. The largest absolute Gasteiger partial charge is 0.384 e. The highest BCUT2D eigenvalue weighted by atomic mass is 16.1. The summed E-state index contributed by atoms with van der Waals surface area (Å²) < 4.78 is 0. The Bertz CT molecular complexity index is 595. The minimum Gasteiger partial charge on any atom is -0.384 e. The second-order valence-corrected chi connectivity index (χ2v) is 3.99. The summed E-state index contributed by atoms with van der Waals surface area (Å²) in [4.78, 5) is 20.2. The average Bonchev–Trinajstić information content (AvgIpc) is 2.32. The highest BCUT2D eigenvalue weighted by molar-refractivity contribution is 6.03. The van der Waals surface area contributed by atoms with E-state index in [0.717, 1.165) is 11.4 Å². The van der Waals surface area contributed by atoms with Gasteiger partial charge in [0.1, 0.15) is 11.5 Å². The van der Waals surface area contributed by atoms with Gasteiger partial charge in [-0.2, -0.15) is 0 Å². The lowest BCUT2D eigenvalue weighted by atomic mass is 10.2. The van der Waals surface area contributed by atoms with E-state index in [4.69, 9.17) is 5.73 Å². The van der Waals surface area contributed by atoms with Gasteiger partial charge in [-0.3, -0.25) is 9.78 Å². The first-order chi connectivity index (χ1) is 8.56. The number of nitrogen functional groups attached to an aromatic ring is 1. The van der Waals surface area contributed by atoms with Crippen molar-refractivity contribution in [3.63, 3.8) is 0 Å². The van der Waals surface area contributed by atoms with Crippen molar-refractivity contribution in [2.24, 2.45) is 0 Å². The number of amides is 1. The third-order valence-corrected chi connectivity index (χ3v) is 2.48. The van der Waals surface area contributed by atoms with Crippen LogP contribution in [0.3, 0.4) is 0 Å². The zero-order valence-corrected chi connectivity index (χ0v) is 10.3. The van der Waals surface area contributed by atoms with E-state index in [0.29, 0.717) is 11.5 Å². The highest BCUT2D eigenvalue weighted by Gasteiger charge is 2.09. The van der Waals surface area contributed by atoms with Gasteiger partial charge in [0.25, 0.3) is 5.91 Å². The molecule has 2 aromatic heterocycles. The highest BCUT2D eigenvalue weighted by Crippen LogP contribution is 2.13.